The molecule has 0 aromatic carbocycles. The van der Waals surface area contributed by atoms with Crippen LogP contribution in [0.2, 0.25) is 0 Å². The number of urea groups is 1. The molecule has 6 nitrogen and oxygen atoms in total. The summed E-state index contributed by atoms with van der Waals surface area (Å²) in [6, 6.07) is -0.510. The molecule has 0 saturated heterocycles. The fourth-order valence-electron chi connectivity index (χ4n) is 1.90. The topological polar surface area (TPSA) is 84.0 Å². The summed E-state index contributed by atoms with van der Waals surface area (Å²) in [4.78, 5) is 34.3. The van der Waals surface area contributed by atoms with Gasteiger partial charge in [-0.25, -0.2) is 14.8 Å². The molecule has 22 heavy (non-hydrogen) atoms. The van der Waals surface area contributed by atoms with Crippen LogP contribution in [0, 0.1) is 20.8 Å². The number of aryl methyl sites for hydroxylation is 3. The van der Waals surface area contributed by atoms with Gasteiger partial charge in [0.05, 0.1) is 5.25 Å². The van der Waals surface area contributed by atoms with Crippen molar-refractivity contribution >= 4 is 45.3 Å². The van der Waals surface area contributed by atoms with Gasteiger partial charge < -0.3 is 5.32 Å². The van der Waals surface area contributed by atoms with Crippen LogP contribution in [0.15, 0.2) is 5.03 Å². The molecule has 2 aromatic rings. The normalized spacial score (nSPS) is 12.2. The summed E-state index contributed by atoms with van der Waals surface area (Å²) in [6.07, 6.45) is 0. The second-order valence-corrected chi connectivity index (χ2v) is 7.40. The largest absolute Gasteiger partial charge is 0.341 e. The second kappa shape index (κ2) is 6.62. The Labute approximate surface area is 137 Å². The third-order valence-corrected chi connectivity index (χ3v) is 5.42. The van der Waals surface area contributed by atoms with Crippen LogP contribution in [-0.4, -0.2) is 34.2 Å². The van der Waals surface area contributed by atoms with Crippen LogP contribution in [0.3, 0.4) is 0 Å². The van der Waals surface area contributed by atoms with Crippen molar-refractivity contribution in [2.24, 2.45) is 0 Å². The molecule has 0 unspecified atom stereocenters. The number of amides is 3. The van der Waals surface area contributed by atoms with Crippen molar-refractivity contribution < 1.29 is 9.59 Å². The van der Waals surface area contributed by atoms with Crippen molar-refractivity contribution in [1.82, 2.24) is 20.6 Å². The van der Waals surface area contributed by atoms with E-state index < -0.39 is 11.3 Å². The standard InChI is InChI=1S/C14H18N4O2S2/c1-6-7(2)21-12-10(6)13(17-9(4)16-12)22-8(3)11(19)18-14(20)15-5/h8H,1-5H3,(H2,15,18,19,20)/t8-/m0/s1. The average Bonchev–Trinajstić information content (AvgIpc) is 2.73. The fraction of sp³-hybridized carbons (Fsp3) is 0.429. The second-order valence-electron chi connectivity index (χ2n) is 4.87. The Morgan fingerprint density at radius 1 is 1.23 bits per heavy atom. The van der Waals surface area contributed by atoms with E-state index in [1.807, 2.05) is 20.8 Å². The Morgan fingerprint density at radius 3 is 2.55 bits per heavy atom. The molecule has 118 valence electrons. The number of imide groups is 1. The maximum atomic E-state index is 12.0. The van der Waals surface area contributed by atoms with Crippen molar-refractivity contribution in [1.29, 1.82) is 0 Å². The molecule has 0 aliphatic carbocycles. The molecule has 0 saturated carbocycles. The quantitative estimate of drug-likeness (QED) is 0.664. The number of thiophene rings is 1. The summed E-state index contributed by atoms with van der Waals surface area (Å²) in [6.45, 7) is 7.67. The van der Waals surface area contributed by atoms with Gasteiger partial charge in [-0.05, 0) is 33.3 Å². The molecule has 0 aliphatic heterocycles. The minimum atomic E-state index is -0.510. The summed E-state index contributed by atoms with van der Waals surface area (Å²) in [5.74, 6) is 0.327. The Balaban J connectivity index is 2.31. The van der Waals surface area contributed by atoms with Crippen LogP contribution < -0.4 is 10.6 Å². The highest BCUT2D eigenvalue weighted by Crippen LogP contribution is 2.36. The Kier molecular flexibility index (Phi) is 5.02. The first-order chi connectivity index (χ1) is 10.3. The minimum Gasteiger partial charge on any atom is -0.341 e. The number of nitrogens with one attached hydrogen (secondary N) is 2. The lowest BCUT2D eigenvalue weighted by atomic mass is 10.2. The average molecular weight is 338 g/mol. The molecule has 3 amide bonds. The minimum absolute atomic E-state index is 0.349. The third-order valence-electron chi connectivity index (χ3n) is 3.23. The van der Waals surface area contributed by atoms with Crippen molar-refractivity contribution in [2.75, 3.05) is 7.05 Å². The predicted molar refractivity (Wildman–Crippen MR) is 89.5 cm³/mol. The Morgan fingerprint density at radius 2 is 1.91 bits per heavy atom. The Bertz CT molecular complexity index is 742. The summed E-state index contributed by atoms with van der Waals surface area (Å²) >= 11 is 2.97. The highest BCUT2D eigenvalue weighted by Gasteiger charge is 2.21. The van der Waals surface area contributed by atoms with E-state index in [1.54, 1.807) is 18.3 Å². The molecule has 0 radical (unpaired) electrons. The lowest BCUT2D eigenvalue weighted by molar-refractivity contribution is -0.119. The highest BCUT2D eigenvalue weighted by molar-refractivity contribution is 8.00. The fourth-order valence-corrected chi connectivity index (χ4v) is 4.09. The van der Waals surface area contributed by atoms with Crippen LogP contribution in [0.5, 0.6) is 0 Å². The van der Waals surface area contributed by atoms with Crippen LogP contribution in [0.25, 0.3) is 10.2 Å². The van der Waals surface area contributed by atoms with Gasteiger partial charge >= 0.3 is 6.03 Å². The van der Waals surface area contributed by atoms with Crippen molar-refractivity contribution in [2.45, 2.75) is 38.0 Å². The maximum Gasteiger partial charge on any atom is 0.321 e. The van der Waals surface area contributed by atoms with E-state index in [0.29, 0.717) is 5.82 Å². The Hall–Kier alpha value is -1.67. The van der Waals surface area contributed by atoms with Gasteiger partial charge in [0.1, 0.15) is 15.7 Å². The van der Waals surface area contributed by atoms with E-state index in [4.69, 9.17) is 0 Å². The molecular formula is C14H18N4O2S2. The molecular weight excluding hydrogens is 320 g/mol. The number of aromatic nitrogens is 2. The lowest BCUT2D eigenvalue weighted by Gasteiger charge is -2.11. The van der Waals surface area contributed by atoms with Crippen molar-refractivity contribution in [3.8, 4) is 0 Å². The van der Waals surface area contributed by atoms with E-state index in [1.165, 1.54) is 23.7 Å². The van der Waals surface area contributed by atoms with Gasteiger partial charge in [0.25, 0.3) is 0 Å². The molecule has 2 rings (SSSR count). The molecule has 2 aromatic heterocycles. The van der Waals surface area contributed by atoms with E-state index in [2.05, 4.69) is 20.6 Å². The molecule has 0 aliphatic rings. The van der Waals surface area contributed by atoms with E-state index in [0.717, 1.165) is 20.8 Å². The molecule has 2 N–H and O–H groups in total. The highest BCUT2D eigenvalue weighted by atomic mass is 32.2. The molecule has 2 heterocycles. The summed E-state index contributed by atoms with van der Waals surface area (Å²) in [7, 11) is 1.47. The summed E-state index contributed by atoms with van der Waals surface area (Å²) in [5.41, 5.74) is 1.14. The van der Waals surface area contributed by atoms with Gasteiger partial charge in [0.15, 0.2) is 0 Å². The number of rotatable bonds is 3. The van der Waals surface area contributed by atoms with Crippen molar-refractivity contribution in [3.05, 3.63) is 16.3 Å². The number of hydrogen-bond donors (Lipinski definition) is 2. The first-order valence-electron chi connectivity index (χ1n) is 6.77. The van der Waals surface area contributed by atoms with E-state index >= 15 is 0 Å². The first kappa shape index (κ1) is 16.7. The first-order valence-corrected chi connectivity index (χ1v) is 8.46. The van der Waals surface area contributed by atoms with Crippen molar-refractivity contribution in [3.63, 3.8) is 0 Å². The van der Waals surface area contributed by atoms with E-state index in [-0.39, 0.29) is 5.91 Å². The number of nitrogens with zero attached hydrogens (tertiary/aromatic N) is 2. The molecule has 0 bridgehead atoms. The zero-order valence-electron chi connectivity index (χ0n) is 13.1. The predicted octanol–water partition coefficient (Wildman–Crippen LogP) is 2.55. The van der Waals surface area contributed by atoms with Crippen LogP contribution in [-0.2, 0) is 4.79 Å². The third kappa shape index (κ3) is 3.38. The summed E-state index contributed by atoms with van der Waals surface area (Å²) < 4.78 is 0. The van der Waals surface area contributed by atoms with Crippen LogP contribution in [0.4, 0.5) is 4.79 Å². The van der Waals surface area contributed by atoms with Gasteiger partial charge in [-0.3, -0.25) is 10.1 Å². The molecule has 0 spiro atoms. The number of hydrogen-bond acceptors (Lipinski definition) is 6. The smallest absolute Gasteiger partial charge is 0.321 e. The van der Waals surface area contributed by atoms with Gasteiger partial charge in [-0.15, -0.1) is 11.3 Å². The summed E-state index contributed by atoms with van der Waals surface area (Å²) in [5, 5.41) is 5.99. The SMILES string of the molecule is CNC(=O)NC(=O)[C@H](C)Sc1nc(C)nc2sc(C)c(C)c12. The number of carbonyl (C=O) groups excluding carboxylic acids is 2. The monoisotopic (exact) mass is 338 g/mol. The molecule has 8 heteroatoms. The molecule has 1 atom stereocenters. The maximum absolute atomic E-state index is 12.0. The van der Waals surface area contributed by atoms with Gasteiger partial charge in [0.2, 0.25) is 5.91 Å². The number of thioether (sulfide) groups is 1. The van der Waals surface area contributed by atoms with Gasteiger partial charge in [0, 0.05) is 17.3 Å². The zero-order chi connectivity index (χ0) is 16.4. The lowest BCUT2D eigenvalue weighted by Crippen LogP contribution is -2.41. The van der Waals surface area contributed by atoms with Crippen LogP contribution >= 0.6 is 23.1 Å². The zero-order valence-corrected chi connectivity index (χ0v) is 14.7. The van der Waals surface area contributed by atoms with Gasteiger partial charge in [-0.2, -0.15) is 0 Å². The van der Waals surface area contributed by atoms with Gasteiger partial charge in [-0.1, -0.05) is 11.8 Å². The van der Waals surface area contributed by atoms with Crippen LogP contribution in [0.1, 0.15) is 23.2 Å². The number of fused-ring (bicyclic) bond motifs is 1. The van der Waals surface area contributed by atoms with E-state index in [9.17, 15) is 9.59 Å². The molecule has 0 fully saturated rings. The number of carbonyl (C=O) groups is 2.